The maximum atomic E-state index is 13.9. The summed E-state index contributed by atoms with van der Waals surface area (Å²) in [6.07, 6.45) is 2.96. The SMILES string of the molecule is O=C(Nc1ccc(F)cc1)N[C@@H]1CC[C@@H](CCn2cc(-c3ccccc3F)nn2)O[C@@H]1CO. The Kier molecular flexibility index (Phi) is 7.26. The van der Waals surface area contributed by atoms with Crippen LogP contribution in [0.4, 0.5) is 19.3 Å². The zero-order chi connectivity index (χ0) is 23.2. The normalized spacial score (nSPS) is 20.4. The van der Waals surface area contributed by atoms with Gasteiger partial charge in [-0.2, -0.15) is 0 Å². The Hall–Kier alpha value is -3.37. The van der Waals surface area contributed by atoms with Crippen molar-refractivity contribution in [2.24, 2.45) is 0 Å². The van der Waals surface area contributed by atoms with Gasteiger partial charge in [-0.15, -0.1) is 5.10 Å². The highest BCUT2D eigenvalue weighted by Crippen LogP contribution is 2.24. The van der Waals surface area contributed by atoms with E-state index in [-0.39, 0.29) is 30.4 Å². The predicted octanol–water partition coefficient (Wildman–Crippen LogP) is 3.34. The number of aliphatic hydroxyl groups excluding tert-OH is 1. The van der Waals surface area contributed by atoms with E-state index in [9.17, 15) is 18.7 Å². The van der Waals surface area contributed by atoms with Gasteiger partial charge in [0.05, 0.1) is 24.9 Å². The number of rotatable bonds is 7. The Balaban J connectivity index is 1.27. The molecule has 3 N–H and O–H groups in total. The van der Waals surface area contributed by atoms with E-state index in [1.165, 1.54) is 30.3 Å². The Morgan fingerprint density at radius 2 is 1.94 bits per heavy atom. The lowest BCUT2D eigenvalue weighted by Crippen LogP contribution is -2.52. The lowest BCUT2D eigenvalue weighted by atomic mass is 9.97. The summed E-state index contributed by atoms with van der Waals surface area (Å²) in [7, 11) is 0. The molecule has 3 atom stereocenters. The fourth-order valence-corrected chi connectivity index (χ4v) is 3.85. The zero-order valence-electron chi connectivity index (χ0n) is 17.8. The summed E-state index contributed by atoms with van der Waals surface area (Å²) in [4.78, 5) is 12.3. The van der Waals surface area contributed by atoms with Gasteiger partial charge in [0.15, 0.2) is 0 Å². The molecular formula is C23H25F2N5O3. The third-order valence-electron chi connectivity index (χ3n) is 5.58. The number of nitrogens with one attached hydrogen (secondary N) is 2. The molecule has 1 fully saturated rings. The van der Waals surface area contributed by atoms with Gasteiger partial charge in [0.2, 0.25) is 0 Å². The van der Waals surface area contributed by atoms with Crippen LogP contribution in [0.25, 0.3) is 11.3 Å². The smallest absolute Gasteiger partial charge is 0.319 e. The Morgan fingerprint density at radius 3 is 2.70 bits per heavy atom. The predicted molar refractivity (Wildman–Crippen MR) is 117 cm³/mol. The molecule has 4 rings (SSSR count). The quantitative estimate of drug-likeness (QED) is 0.505. The van der Waals surface area contributed by atoms with Gasteiger partial charge in [0, 0.05) is 17.8 Å². The van der Waals surface area contributed by atoms with Crippen LogP contribution < -0.4 is 10.6 Å². The van der Waals surface area contributed by atoms with E-state index in [4.69, 9.17) is 4.74 Å². The molecule has 0 bridgehead atoms. The minimum atomic E-state index is -0.549. The Morgan fingerprint density at radius 1 is 1.15 bits per heavy atom. The van der Waals surface area contributed by atoms with Crippen LogP contribution in [0.1, 0.15) is 19.3 Å². The second-order valence-electron chi connectivity index (χ2n) is 7.90. The van der Waals surface area contributed by atoms with Crippen molar-refractivity contribution >= 4 is 11.7 Å². The van der Waals surface area contributed by atoms with E-state index in [0.717, 1.165) is 0 Å². The van der Waals surface area contributed by atoms with Crippen molar-refractivity contribution in [2.75, 3.05) is 11.9 Å². The van der Waals surface area contributed by atoms with Gasteiger partial charge in [-0.1, -0.05) is 17.3 Å². The molecule has 0 unspecified atom stereocenters. The number of carbonyl (C=O) groups is 1. The standard InChI is InChI=1S/C23H25F2N5O3/c24-15-5-7-16(8-6-15)26-23(32)27-20-10-9-17(33-22(20)14-31)11-12-30-13-21(28-29-30)18-3-1-2-4-19(18)25/h1-8,13,17,20,22,31H,9-12,14H2,(H2,26,27,32)/t17-,20+,22+/m0/s1. The number of ether oxygens (including phenoxy) is 1. The molecule has 1 aliphatic rings. The van der Waals surface area contributed by atoms with Crippen molar-refractivity contribution in [3.8, 4) is 11.3 Å². The summed E-state index contributed by atoms with van der Waals surface area (Å²) in [5, 5.41) is 23.3. The van der Waals surface area contributed by atoms with Crippen molar-refractivity contribution in [1.82, 2.24) is 20.3 Å². The molecule has 0 radical (unpaired) electrons. The molecule has 33 heavy (non-hydrogen) atoms. The van der Waals surface area contributed by atoms with E-state index >= 15 is 0 Å². The molecule has 3 aromatic rings. The third kappa shape index (κ3) is 5.91. The monoisotopic (exact) mass is 457 g/mol. The number of amides is 2. The minimum Gasteiger partial charge on any atom is -0.394 e. The van der Waals surface area contributed by atoms with Gasteiger partial charge in [0.25, 0.3) is 0 Å². The number of carbonyl (C=O) groups excluding carboxylic acids is 1. The molecule has 2 aromatic carbocycles. The number of hydrogen-bond acceptors (Lipinski definition) is 5. The van der Waals surface area contributed by atoms with Crippen molar-refractivity contribution < 1.29 is 23.4 Å². The van der Waals surface area contributed by atoms with Crippen LogP contribution in [0.3, 0.4) is 0 Å². The van der Waals surface area contributed by atoms with Gasteiger partial charge < -0.3 is 20.5 Å². The molecule has 2 amide bonds. The van der Waals surface area contributed by atoms with Gasteiger partial charge in [-0.25, -0.2) is 13.6 Å². The zero-order valence-corrected chi connectivity index (χ0v) is 17.8. The van der Waals surface area contributed by atoms with E-state index in [1.807, 2.05) is 0 Å². The molecule has 0 aliphatic carbocycles. The molecule has 10 heteroatoms. The number of aliphatic hydroxyl groups is 1. The van der Waals surface area contributed by atoms with Gasteiger partial charge in [-0.05, 0) is 55.7 Å². The Labute approximate surface area is 189 Å². The highest BCUT2D eigenvalue weighted by molar-refractivity contribution is 5.89. The number of anilines is 1. The molecule has 0 spiro atoms. The second kappa shape index (κ2) is 10.5. The Bertz CT molecular complexity index is 1080. The van der Waals surface area contributed by atoms with Crippen LogP contribution in [0, 0.1) is 11.6 Å². The van der Waals surface area contributed by atoms with Crippen LogP contribution in [-0.2, 0) is 11.3 Å². The van der Waals surface area contributed by atoms with E-state index < -0.39 is 12.1 Å². The van der Waals surface area contributed by atoms with E-state index in [1.54, 1.807) is 29.1 Å². The molecule has 1 aliphatic heterocycles. The van der Waals surface area contributed by atoms with Crippen LogP contribution in [0.15, 0.2) is 54.7 Å². The summed E-state index contributed by atoms with van der Waals surface area (Å²) in [6.45, 7) is 0.284. The number of nitrogens with zero attached hydrogens (tertiary/aromatic N) is 3. The summed E-state index contributed by atoms with van der Waals surface area (Å²) in [5.74, 6) is -0.740. The fraction of sp³-hybridized carbons (Fsp3) is 0.348. The molecule has 0 saturated carbocycles. The number of aryl methyl sites for hydroxylation is 1. The maximum absolute atomic E-state index is 13.9. The van der Waals surface area contributed by atoms with Gasteiger partial charge in [-0.3, -0.25) is 4.68 Å². The number of urea groups is 1. The second-order valence-corrected chi connectivity index (χ2v) is 7.90. The van der Waals surface area contributed by atoms with Gasteiger partial charge in [0.1, 0.15) is 23.4 Å². The number of halogens is 2. The van der Waals surface area contributed by atoms with Crippen molar-refractivity contribution in [3.63, 3.8) is 0 Å². The third-order valence-corrected chi connectivity index (χ3v) is 5.58. The summed E-state index contributed by atoms with van der Waals surface area (Å²) >= 11 is 0. The van der Waals surface area contributed by atoms with E-state index in [2.05, 4.69) is 20.9 Å². The first-order chi connectivity index (χ1) is 16.0. The highest BCUT2D eigenvalue weighted by Gasteiger charge is 2.32. The first kappa shape index (κ1) is 22.8. The van der Waals surface area contributed by atoms with Crippen molar-refractivity contribution in [1.29, 1.82) is 0 Å². The molecule has 1 aromatic heterocycles. The van der Waals surface area contributed by atoms with Crippen molar-refractivity contribution in [2.45, 2.75) is 44.1 Å². The topological polar surface area (TPSA) is 101 Å². The molecular weight excluding hydrogens is 432 g/mol. The van der Waals surface area contributed by atoms with Crippen LogP contribution in [-0.4, -0.2) is 51.0 Å². The van der Waals surface area contributed by atoms with Crippen molar-refractivity contribution in [3.05, 3.63) is 66.4 Å². The molecule has 174 valence electrons. The first-order valence-electron chi connectivity index (χ1n) is 10.8. The van der Waals surface area contributed by atoms with Crippen LogP contribution >= 0.6 is 0 Å². The number of hydrogen-bond donors (Lipinski definition) is 3. The lowest BCUT2D eigenvalue weighted by Gasteiger charge is -2.36. The minimum absolute atomic E-state index is 0.124. The maximum Gasteiger partial charge on any atom is 0.319 e. The average molecular weight is 457 g/mol. The average Bonchev–Trinajstić information content (AvgIpc) is 3.29. The first-order valence-corrected chi connectivity index (χ1v) is 10.8. The van der Waals surface area contributed by atoms with Crippen LogP contribution in [0.2, 0.25) is 0 Å². The largest absolute Gasteiger partial charge is 0.394 e. The number of benzene rings is 2. The molecule has 2 heterocycles. The number of aromatic nitrogens is 3. The van der Waals surface area contributed by atoms with Gasteiger partial charge >= 0.3 is 6.03 Å². The summed E-state index contributed by atoms with van der Waals surface area (Å²) in [6, 6.07) is 11.0. The van der Waals surface area contributed by atoms with E-state index in [0.29, 0.717) is 42.8 Å². The highest BCUT2D eigenvalue weighted by atomic mass is 19.1. The van der Waals surface area contributed by atoms with Crippen LogP contribution in [0.5, 0.6) is 0 Å². The summed E-state index contributed by atoms with van der Waals surface area (Å²) in [5.41, 5.74) is 1.32. The molecule has 1 saturated heterocycles. The fourth-order valence-electron chi connectivity index (χ4n) is 3.85. The summed E-state index contributed by atoms with van der Waals surface area (Å²) < 4.78 is 34.6. The molecule has 8 nitrogen and oxygen atoms in total. The lowest BCUT2D eigenvalue weighted by molar-refractivity contribution is -0.0905.